The highest BCUT2D eigenvalue weighted by Gasteiger charge is 2.38. The van der Waals surface area contributed by atoms with E-state index >= 15 is 0 Å². The van der Waals surface area contributed by atoms with Crippen molar-refractivity contribution in [2.24, 2.45) is 7.05 Å². The summed E-state index contributed by atoms with van der Waals surface area (Å²) in [5.41, 5.74) is 0.274. The molecule has 2 aromatic heterocycles. The van der Waals surface area contributed by atoms with Crippen LogP contribution in [0.25, 0.3) is 11.0 Å². The van der Waals surface area contributed by atoms with Crippen molar-refractivity contribution < 1.29 is 25.8 Å². The number of benzene rings is 1. The number of nitrogens with zero attached hydrogens (tertiary/aromatic N) is 6. The molecule has 0 saturated carbocycles. The Hall–Kier alpha value is -3.54. The van der Waals surface area contributed by atoms with E-state index in [1.165, 1.54) is 22.8 Å². The SMILES string of the molecule is CC[C@@H]1CN(c2nc(=O)n(C)c3ccc(C#N)nc23)[C@@H](C)CN1C(COS(C)(=O)=O)c1ccc(C(F)(F)F)cc1. The first-order valence-electron chi connectivity index (χ1n) is 12.5. The predicted molar refractivity (Wildman–Crippen MR) is 142 cm³/mol. The van der Waals surface area contributed by atoms with E-state index in [0.29, 0.717) is 41.9 Å². The van der Waals surface area contributed by atoms with Crippen LogP contribution in [-0.2, 0) is 27.5 Å². The summed E-state index contributed by atoms with van der Waals surface area (Å²) >= 11 is 0. The Morgan fingerprint density at radius 2 is 1.82 bits per heavy atom. The van der Waals surface area contributed by atoms with Gasteiger partial charge in [0.25, 0.3) is 10.1 Å². The Morgan fingerprint density at radius 3 is 2.40 bits per heavy atom. The lowest BCUT2D eigenvalue weighted by Gasteiger charge is -2.48. The van der Waals surface area contributed by atoms with Gasteiger partial charge in [0.15, 0.2) is 5.82 Å². The van der Waals surface area contributed by atoms with Gasteiger partial charge in [-0.05, 0) is 43.2 Å². The van der Waals surface area contributed by atoms with Crippen LogP contribution < -0.4 is 10.6 Å². The molecule has 1 unspecified atom stereocenters. The normalized spacial score (nSPS) is 19.5. The molecule has 1 saturated heterocycles. The summed E-state index contributed by atoms with van der Waals surface area (Å²) in [6.07, 6.45) is -2.99. The fraction of sp³-hybridized carbons (Fsp3) is 0.462. The zero-order valence-corrected chi connectivity index (χ0v) is 23.2. The van der Waals surface area contributed by atoms with Crippen LogP contribution in [0, 0.1) is 11.3 Å². The van der Waals surface area contributed by atoms with Gasteiger partial charge < -0.3 is 4.90 Å². The molecule has 3 atom stereocenters. The average Bonchev–Trinajstić information content (AvgIpc) is 2.90. The van der Waals surface area contributed by atoms with Gasteiger partial charge in [0.1, 0.15) is 17.3 Å². The van der Waals surface area contributed by atoms with Crippen LogP contribution in [0.2, 0.25) is 0 Å². The maximum absolute atomic E-state index is 13.2. The minimum Gasteiger partial charge on any atom is -0.349 e. The lowest BCUT2D eigenvalue weighted by molar-refractivity contribution is -0.137. The Kier molecular flexibility index (Phi) is 8.21. The van der Waals surface area contributed by atoms with Crippen molar-refractivity contribution in [2.75, 3.05) is 30.9 Å². The first kappa shape index (κ1) is 29.4. The number of piperazine rings is 1. The maximum atomic E-state index is 13.2. The lowest BCUT2D eigenvalue weighted by Crippen LogP contribution is -2.59. The van der Waals surface area contributed by atoms with Crippen molar-refractivity contribution in [3.8, 4) is 6.07 Å². The number of nitriles is 1. The summed E-state index contributed by atoms with van der Waals surface area (Å²) in [6, 6.07) is 8.65. The Morgan fingerprint density at radius 1 is 1.15 bits per heavy atom. The molecule has 4 rings (SSSR count). The molecular formula is C26H29F3N6O4S. The molecule has 3 aromatic rings. The first-order chi connectivity index (χ1) is 18.7. The highest BCUT2D eigenvalue weighted by atomic mass is 32.2. The number of aromatic nitrogens is 3. The van der Waals surface area contributed by atoms with Crippen molar-refractivity contribution in [1.29, 1.82) is 5.26 Å². The third kappa shape index (κ3) is 6.11. The number of aryl methyl sites for hydroxylation is 1. The number of hydrogen-bond donors (Lipinski definition) is 0. The van der Waals surface area contributed by atoms with Crippen LogP contribution in [-0.4, -0.2) is 65.9 Å². The van der Waals surface area contributed by atoms with E-state index in [0.717, 1.165) is 18.4 Å². The van der Waals surface area contributed by atoms with Gasteiger partial charge in [-0.3, -0.25) is 13.7 Å². The van der Waals surface area contributed by atoms with Gasteiger partial charge in [0.2, 0.25) is 0 Å². The standard InChI is InChI=1S/C26H29F3N6O4S/c1-5-20-14-34(24-23-21(33(3)25(36)32-24)11-10-19(12-30)31-23)16(2)13-35(20)22(15-39-40(4,37)38)17-6-8-18(9-7-17)26(27,28)29/h6-11,16,20,22H,5,13-15H2,1-4H3/t16-,20+,22?/m0/s1. The minimum atomic E-state index is -4.51. The quantitative estimate of drug-likeness (QED) is 0.389. The van der Waals surface area contributed by atoms with E-state index in [2.05, 4.69) is 9.97 Å². The van der Waals surface area contributed by atoms with Gasteiger partial charge in [-0.15, -0.1) is 0 Å². The highest BCUT2D eigenvalue weighted by molar-refractivity contribution is 7.85. The van der Waals surface area contributed by atoms with Crippen LogP contribution in [0.4, 0.5) is 19.0 Å². The number of hydrogen-bond acceptors (Lipinski definition) is 9. The average molecular weight is 579 g/mol. The summed E-state index contributed by atoms with van der Waals surface area (Å²) in [4.78, 5) is 25.4. The van der Waals surface area contributed by atoms with Crippen LogP contribution >= 0.6 is 0 Å². The van der Waals surface area contributed by atoms with E-state index in [-0.39, 0.29) is 24.4 Å². The molecule has 214 valence electrons. The zero-order valence-electron chi connectivity index (χ0n) is 22.4. The number of halogens is 3. The summed E-state index contributed by atoms with van der Waals surface area (Å²) in [7, 11) is -2.26. The third-order valence-electron chi connectivity index (χ3n) is 7.14. The number of fused-ring (bicyclic) bond motifs is 1. The minimum absolute atomic E-state index is 0.174. The van der Waals surface area contributed by atoms with Gasteiger partial charge in [0, 0.05) is 32.2 Å². The number of pyridine rings is 1. The summed E-state index contributed by atoms with van der Waals surface area (Å²) in [6.45, 7) is 4.27. The number of rotatable bonds is 7. The first-order valence-corrected chi connectivity index (χ1v) is 14.4. The molecule has 0 N–H and O–H groups in total. The molecule has 14 heteroatoms. The molecule has 3 heterocycles. The van der Waals surface area contributed by atoms with Crippen molar-refractivity contribution in [3.63, 3.8) is 0 Å². The number of anilines is 1. The van der Waals surface area contributed by atoms with E-state index < -0.39 is 33.6 Å². The highest BCUT2D eigenvalue weighted by Crippen LogP contribution is 2.35. The molecule has 0 aliphatic carbocycles. The maximum Gasteiger partial charge on any atom is 0.416 e. The predicted octanol–water partition coefficient (Wildman–Crippen LogP) is 3.23. The van der Waals surface area contributed by atoms with E-state index in [1.807, 2.05) is 29.7 Å². The van der Waals surface area contributed by atoms with E-state index in [1.54, 1.807) is 13.1 Å². The fourth-order valence-corrected chi connectivity index (χ4v) is 5.42. The van der Waals surface area contributed by atoms with Crippen molar-refractivity contribution >= 4 is 27.0 Å². The van der Waals surface area contributed by atoms with Crippen LogP contribution in [0.15, 0.2) is 41.2 Å². The van der Waals surface area contributed by atoms with Gasteiger partial charge >= 0.3 is 11.9 Å². The molecule has 10 nitrogen and oxygen atoms in total. The topological polar surface area (TPSA) is 121 Å². The van der Waals surface area contributed by atoms with Crippen LogP contribution in [0.5, 0.6) is 0 Å². The fourth-order valence-electron chi connectivity index (χ4n) is 5.04. The van der Waals surface area contributed by atoms with Crippen molar-refractivity contribution in [1.82, 2.24) is 19.4 Å². The summed E-state index contributed by atoms with van der Waals surface area (Å²) < 4.78 is 69.8. The zero-order chi connectivity index (χ0) is 29.4. The molecule has 1 fully saturated rings. The van der Waals surface area contributed by atoms with E-state index in [9.17, 15) is 31.6 Å². The molecule has 0 spiro atoms. The molecule has 40 heavy (non-hydrogen) atoms. The molecule has 0 amide bonds. The largest absolute Gasteiger partial charge is 0.416 e. The molecule has 0 radical (unpaired) electrons. The van der Waals surface area contributed by atoms with Gasteiger partial charge in [-0.1, -0.05) is 19.1 Å². The number of alkyl halides is 3. The van der Waals surface area contributed by atoms with Gasteiger partial charge in [-0.25, -0.2) is 9.78 Å². The Bertz CT molecular complexity index is 1600. The monoisotopic (exact) mass is 578 g/mol. The van der Waals surface area contributed by atoms with Crippen LogP contribution in [0.3, 0.4) is 0 Å². The van der Waals surface area contributed by atoms with E-state index in [4.69, 9.17) is 4.18 Å². The van der Waals surface area contributed by atoms with Crippen molar-refractivity contribution in [3.05, 3.63) is 63.7 Å². The van der Waals surface area contributed by atoms with Gasteiger partial charge in [0.05, 0.1) is 30.0 Å². The summed E-state index contributed by atoms with van der Waals surface area (Å²) in [5.74, 6) is 0.333. The molecule has 1 aliphatic rings. The summed E-state index contributed by atoms with van der Waals surface area (Å²) in [5, 5.41) is 9.39. The second kappa shape index (κ2) is 11.1. The second-order valence-electron chi connectivity index (χ2n) is 9.84. The smallest absolute Gasteiger partial charge is 0.349 e. The molecule has 0 bridgehead atoms. The van der Waals surface area contributed by atoms with Crippen molar-refractivity contribution in [2.45, 2.75) is 44.6 Å². The molecular weight excluding hydrogens is 549 g/mol. The molecule has 1 aliphatic heterocycles. The second-order valence-corrected chi connectivity index (χ2v) is 11.5. The molecule has 1 aromatic carbocycles. The van der Waals surface area contributed by atoms with Crippen LogP contribution in [0.1, 0.15) is 43.1 Å². The van der Waals surface area contributed by atoms with Gasteiger partial charge in [-0.2, -0.15) is 31.8 Å². The Labute approximate surface area is 229 Å². The Balaban J connectivity index is 1.74. The third-order valence-corrected chi connectivity index (χ3v) is 7.70. The lowest BCUT2D eigenvalue weighted by atomic mass is 9.97.